The Kier molecular flexibility index (Phi) is 5.62. The van der Waals surface area contributed by atoms with Crippen LogP contribution in [0.5, 0.6) is 0 Å². The molecule has 8 nitrogen and oxygen atoms in total. The van der Waals surface area contributed by atoms with E-state index < -0.39 is 0 Å². The Morgan fingerprint density at radius 1 is 1.00 bits per heavy atom. The Morgan fingerprint density at radius 3 is 2.38 bits per heavy atom. The van der Waals surface area contributed by atoms with E-state index in [0.29, 0.717) is 44.0 Å². The minimum absolute atomic E-state index is 0.0965. The van der Waals surface area contributed by atoms with Crippen LogP contribution in [0.1, 0.15) is 23.4 Å². The molecule has 0 aliphatic carbocycles. The van der Waals surface area contributed by atoms with Gasteiger partial charge in [-0.15, -0.1) is 0 Å². The summed E-state index contributed by atoms with van der Waals surface area (Å²) in [6.07, 6.45) is 2.97. The second kappa shape index (κ2) is 8.48. The smallest absolute Gasteiger partial charge is 0.289 e. The zero-order valence-corrected chi connectivity index (χ0v) is 16.2. The maximum Gasteiger partial charge on any atom is 0.289 e. The van der Waals surface area contributed by atoms with Gasteiger partial charge < -0.3 is 19.5 Å². The molecule has 0 bridgehead atoms. The summed E-state index contributed by atoms with van der Waals surface area (Å²) in [5.41, 5.74) is 1.57. The molecule has 2 aromatic rings. The molecule has 0 radical (unpaired) electrons. The zero-order valence-electron chi connectivity index (χ0n) is 16.2. The van der Waals surface area contributed by atoms with E-state index in [1.807, 2.05) is 29.2 Å². The number of hydrogen-bond donors (Lipinski definition) is 1. The molecule has 2 aliphatic heterocycles. The number of benzene rings is 1. The molecular formula is C21H24N4O4. The molecule has 0 saturated carbocycles. The average Bonchev–Trinajstić information content (AvgIpc) is 3.41. The third kappa shape index (κ3) is 4.48. The zero-order chi connectivity index (χ0) is 20.2. The summed E-state index contributed by atoms with van der Waals surface area (Å²) in [4.78, 5) is 42.0. The fraction of sp³-hybridized carbons (Fsp3) is 0.381. The van der Waals surface area contributed by atoms with E-state index in [-0.39, 0.29) is 24.3 Å². The summed E-state index contributed by atoms with van der Waals surface area (Å²) < 4.78 is 5.16. The normalized spacial score (nSPS) is 17.6. The van der Waals surface area contributed by atoms with Gasteiger partial charge in [-0.3, -0.25) is 19.3 Å². The third-order valence-corrected chi connectivity index (χ3v) is 5.29. The van der Waals surface area contributed by atoms with E-state index in [1.165, 1.54) is 6.26 Å². The van der Waals surface area contributed by atoms with Gasteiger partial charge in [-0.1, -0.05) is 0 Å². The van der Waals surface area contributed by atoms with Gasteiger partial charge in [0.05, 0.1) is 12.8 Å². The summed E-state index contributed by atoms with van der Waals surface area (Å²) in [7, 11) is 0. The van der Waals surface area contributed by atoms with Crippen LogP contribution in [0.3, 0.4) is 0 Å². The maximum atomic E-state index is 12.4. The molecule has 1 aromatic carbocycles. The van der Waals surface area contributed by atoms with Crippen LogP contribution in [0.4, 0.5) is 11.4 Å². The number of carbonyl (C=O) groups excluding carboxylic acids is 3. The standard InChI is InChI=1S/C21H24N4O4/c26-19(22-16-5-7-17(8-6-16)25-9-1-4-20(25)27)15-23-10-12-24(13-11-23)21(28)18-3-2-14-29-18/h2-3,5-8,14H,1,4,9-13,15H2,(H,22,26). The van der Waals surface area contributed by atoms with Crippen molar-refractivity contribution in [1.82, 2.24) is 9.80 Å². The van der Waals surface area contributed by atoms with Crippen LogP contribution in [0.25, 0.3) is 0 Å². The first-order valence-corrected chi connectivity index (χ1v) is 9.85. The lowest BCUT2D eigenvalue weighted by atomic mass is 10.2. The van der Waals surface area contributed by atoms with Crippen LogP contribution in [0, 0.1) is 0 Å². The summed E-state index contributed by atoms with van der Waals surface area (Å²) >= 11 is 0. The fourth-order valence-corrected chi connectivity index (χ4v) is 3.71. The predicted octanol–water partition coefficient (Wildman–Crippen LogP) is 1.80. The molecule has 1 aromatic heterocycles. The number of furan rings is 1. The number of nitrogens with zero attached hydrogens (tertiary/aromatic N) is 3. The van der Waals surface area contributed by atoms with E-state index in [2.05, 4.69) is 5.32 Å². The first-order valence-electron chi connectivity index (χ1n) is 9.85. The Balaban J connectivity index is 1.24. The minimum atomic E-state index is -0.115. The van der Waals surface area contributed by atoms with Gasteiger partial charge in [-0.2, -0.15) is 0 Å². The van der Waals surface area contributed by atoms with Crippen LogP contribution in [0.2, 0.25) is 0 Å². The fourth-order valence-electron chi connectivity index (χ4n) is 3.71. The third-order valence-electron chi connectivity index (χ3n) is 5.29. The Hall–Kier alpha value is -3.13. The quantitative estimate of drug-likeness (QED) is 0.833. The Morgan fingerprint density at radius 2 is 1.76 bits per heavy atom. The highest BCUT2D eigenvalue weighted by atomic mass is 16.3. The van der Waals surface area contributed by atoms with Gasteiger partial charge in [0.1, 0.15) is 0 Å². The molecule has 0 atom stereocenters. The van der Waals surface area contributed by atoms with Crippen molar-refractivity contribution in [3.63, 3.8) is 0 Å². The lowest BCUT2D eigenvalue weighted by Crippen LogP contribution is -2.50. The number of hydrogen-bond acceptors (Lipinski definition) is 5. The van der Waals surface area contributed by atoms with Crippen LogP contribution >= 0.6 is 0 Å². The van der Waals surface area contributed by atoms with Crippen molar-refractivity contribution in [2.45, 2.75) is 12.8 Å². The number of piperazine rings is 1. The second-order valence-corrected chi connectivity index (χ2v) is 7.29. The number of carbonyl (C=O) groups is 3. The van der Waals surface area contributed by atoms with Crippen LogP contribution in [0.15, 0.2) is 47.1 Å². The second-order valence-electron chi connectivity index (χ2n) is 7.29. The monoisotopic (exact) mass is 396 g/mol. The van der Waals surface area contributed by atoms with Gasteiger partial charge in [0, 0.05) is 50.5 Å². The topological polar surface area (TPSA) is 86.1 Å². The molecule has 0 spiro atoms. The van der Waals surface area contributed by atoms with Gasteiger partial charge in [0.15, 0.2) is 5.76 Å². The SMILES string of the molecule is O=C(CN1CCN(C(=O)c2ccco2)CC1)Nc1ccc(N2CCCC2=O)cc1. The van der Waals surface area contributed by atoms with E-state index in [9.17, 15) is 14.4 Å². The maximum absolute atomic E-state index is 12.4. The van der Waals surface area contributed by atoms with Crippen molar-refractivity contribution in [1.29, 1.82) is 0 Å². The molecule has 2 aliphatic rings. The van der Waals surface area contributed by atoms with Crippen molar-refractivity contribution in [3.05, 3.63) is 48.4 Å². The van der Waals surface area contributed by atoms with Crippen molar-refractivity contribution >= 4 is 29.1 Å². The number of amides is 3. The number of rotatable bonds is 5. The average molecular weight is 396 g/mol. The first-order chi connectivity index (χ1) is 14.1. The number of nitrogens with one attached hydrogen (secondary N) is 1. The molecule has 29 heavy (non-hydrogen) atoms. The molecule has 152 valence electrons. The van der Waals surface area contributed by atoms with Crippen molar-refractivity contribution in [2.75, 3.05) is 49.5 Å². The molecule has 1 N–H and O–H groups in total. The van der Waals surface area contributed by atoms with Gasteiger partial charge in [-0.25, -0.2) is 0 Å². The minimum Gasteiger partial charge on any atom is -0.459 e. The summed E-state index contributed by atoms with van der Waals surface area (Å²) in [5, 5.41) is 2.89. The summed E-state index contributed by atoms with van der Waals surface area (Å²) in [6, 6.07) is 10.7. The number of anilines is 2. The lowest BCUT2D eigenvalue weighted by Gasteiger charge is -2.33. The van der Waals surface area contributed by atoms with Gasteiger partial charge in [0.2, 0.25) is 11.8 Å². The lowest BCUT2D eigenvalue weighted by molar-refractivity contribution is -0.118. The molecular weight excluding hydrogens is 372 g/mol. The molecule has 3 heterocycles. The highest BCUT2D eigenvalue weighted by molar-refractivity contribution is 5.96. The molecule has 2 fully saturated rings. The van der Waals surface area contributed by atoms with Crippen LogP contribution < -0.4 is 10.2 Å². The van der Waals surface area contributed by atoms with E-state index in [0.717, 1.165) is 18.7 Å². The van der Waals surface area contributed by atoms with Gasteiger partial charge >= 0.3 is 0 Å². The van der Waals surface area contributed by atoms with Gasteiger partial charge in [0.25, 0.3) is 5.91 Å². The largest absolute Gasteiger partial charge is 0.459 e. The Labute approximate surface area is 169 Å². The van der Waals surface area contributed by atoms with Gasteiger partial charge in [-0.05, 0) is 42.8 Å². The molecule has 8 heteroatoms. The highest BCUT2D eigenvalue weighted by Crippen LogP contribution is 2.23. The molecule has 4 rings (SSSR count). The van der Waals surface area contributed by atoms with E-state index in [1.54, 1.807) is 21.9 Å². The van der Waals surface area contributed by atoms with Crippen LogP contribution in [-0.4, -0.2) is 66.8 Å². The first kappa shape index (κ1) is 19.2. The Bertz CT molecular complexity index is 871. The summed E-state index contributed by atoms with van der Waals surface area (Å²) in [6.45, 7) is 3.41. The molecule has 2 saturated heterocycles. The highest BCUT2D eigenvalue weighted by Gasteiger charge is 2.25. The van der Waals surface area contributed by atoms with Crippen molar-refractivity contribution in [3.8, 4) is 0 Å². The van der Waals surface area contributed by atoms with Crippen LogP contribution in [-0.2, 0) is 9.59 Å². The molecule has 3 amide bonds. The van der Waals surface area contributed by atoms with E-state index in [4.69, 9.17) is 4.42 Å². The molecule has 0 unspecified atom stereocenters. The van der Waals surface area contributed by atoms with Crippen molar-refractivity contribution in [2.24, 2.45) is 0 Å². The summed E-state index contributed by atoms with van der Waals surface area (Å²) in [5.74, 6) is 0.276. The van der Waals surface area contributed by atoms with E-state index >= 15 is 0 Å². The predicted molar refractivity (Wildman–Crippen MR) is 108 cm³/mol. The van der Waals surface area contributed by atoms with Crippen molar-refractivity contribution < 1.29 is 18.8 Å².